The monoisotopic (exact) mass is 677 g/mol. The van der Waals surface area contributed by atoms with Crippen molar-refractivity contribution in [1.29, 1.82) is 0 Å². The first kappa shape index (κ1) is 47.4. The third-order valence-corrected chi connectivity index (χ3v) is 11.0. The topological polar surface area (TPSA) is 23.6 Å². The van der Waals surface area contributed by atoms with Gasteiger partial charge in [0.05, 0.1) is 0 Å². The zero-order valence-corrected chi connectivity index (χ0v) is 34.3. The van der Waals surface area contributed by atoms with Gasteiger partial charge in [-0.15, -0.1) is 0 Å². The van der Waals surface area contributed by atoms with E-state index in [2.05, 4.69) is 32.8 Å². The minimum Gasteiger partial charge on any atom is -0.346 e. The van der Waals surface area contributed by atoms with Gasteiger partial charge in [-0.2, -0.15) is 0 Å². The van der Waals surface area contributed by atoms with Gasteiger partial charge in [-0.3, -0.25) is 4.79 Å². The van der Waals surface area contributed by atoms with Gasteiger partial charge in [-0.05, 0) is 45.8 Å². The van der Waals surface area contributed by atoms with Crippen LogP contribution in [0.15, 0.2) is 0 Å². The van der Waals surface area contributed by atoms with Crippen molar-refractivity contribution < 1.29 is 4.79 Å². The van der Waals surface area contributed by atoms with Crippen LogP contribution >= 0.6 is 0 Å². The van der Waals surface area contributed by atoms with Gasteiger partial charge in [0.1, 0.15) is 0 Å². The molecule has 0 aliphatic rings. The Hall–Kier alpha value is -0.570. The van der Waals surface area contributed by atoms with Gasteiger partial charge in [0.2, 0.25) is 5.91 Å². The average Bonchev–Trinajstić information content (AvgIpc) is 3.08. The summed E-state index contributed by atoms with van der Waals surface area (Å²) in [4.78, 5) is 16.9. The van der Waals surface area contributed by atoms with Crippen LogP contribution in [0.5, 0.6) is 0 Å². The van der Waals surface area contributed by atoms with E-state index in [9.17, 15) is 4.79 Å². The molecule has 3 nitrogen and oxygen atoms in total. The highest BCUT2D eigenvalue weighted by Crippen LogP contribution is 2.25. The molecule has 0 atom stereocenters. The Morgan fingerprint density at radius 1 is 0.375 bits per heavy atom. The van der Waals surface area contributed by atoms with Crippen molar-refractivity contribution in [3.05, 3.63) is 0 Å². The molecular formula is C45H92N2O. The molecule has 0 N–H and O–H groups in total. The second kappa shape index (κ2) is 39.2. The minimum absolute atomic E-state index is 0.357. The second-order valence-corrected chi connectivity index (χ2v) is 16.2. The molecule has 0 aromatic carbocycles. The predicted molar refractivity (Wildman–Crippen MR) is 217 cm³/mol. The number of amides is 1. The number of unbranched alkanes of at least 4 members (excludes halogenated alkanes) is 28. The summed E-state index contributed by atoms with van der Waals surface area (Å²) in [5.41, 5.74) is 0. The molecule has 0 aromatic rings. The van der Waals surface area contributed by atoms with Gasteiger partial charge in [0.25, 0.3) is 0 Å². The Bertz CT molecular complexity index is 588. The lowest BCUT2D eigenvalue weighted by Crippen LogP contribution is -2.28. The first-order valence-corrected chi connectivity index (χ1v) is 22.4. The maximum atomic E-state index is 12.7. The van der Waals surface area contributed by atoms with E-state index in [4.69, 9.17) is 0 Å². The normalized spacial score (nSPS) is 11.7. The minimum atomic E-state index is 0.357. The Labute approximate surface area is 304 Å². The summed E-state index contributed by atoms with van der Waals surface area (Å²) in [6, 6.07) is 0. The Morgan fingerprint density at radius 2 is 0.667 bits per heavy atom. The second-order valence-electron chi connectivity index (χ2n) is 16.2. The predicted octanol–water partition coefficient (Wildman–Crippen LogP) is 14.7. The smallest absolute Gasteiger partial charge is 0.222 e. The Morgan fingerprint density at radius 3 is 1.00 bits per heavy atom. The quantitative estimate of drug-likeness (QED) is 0.0603. The molecule has 0 rings (SSSR count). The number of hydrogen-bond acceptors (Lipinski definition) is 2. The first-order valence-electron chi connectivity index (χ1n) is 22.4. The maximum Gasteiger partial charge on any atom is 0.222 e. The number of carbonyl (C=O) groups excluding carboxylic acids is 1. The Kier molecular flexibility index (Phi) is 38.8. The van der Waals surface area contributed by atoms with Crippen LogP contribution in [0.4, 0.5) is 0 Å². The standard InChI is InChI=1S/C45H92N2O/c1-6-8-10-12-14-16-18-20-22-24-26-28-30-32-38-44(40-34-35-41-45(48)47(5)43-37-36-42-46(3)4)39-33-31-29-27-25-23-21-19-17-15-13-11-9-7-2/h44H,6-43H2,1-5H3. The van der Waals surface area contributed by atoms with E-state index < -0.39 is 0 Å². The molecule has 3 heteroatoms. The lowest BCUT2D eigenvalue weighted by Gasteiger charge is -2.19. The van der Waals surface area contributed by atoms with Gasteiger partial charge in [-0.1, -0.05) is 219 Å². The molecule has 0 aromatic heterocycles. The lowest BCUT2D eigenvalue weighted by molar-refractivity contribution is -0.130. The van der Waals surface area contributed by atoms with Crippen LogP contribution < -0.4 is 0 Å². The Balaban J connectivity index is 4.11. The van der Waals surface area contributed by atoms with Crippen molar-refractivity contribution in [3.63, 3.8) is 0 Å². The SMILES string of the molecule is CCCCCCCCCCCCCCCCC(CCCCCCCCCCCCCCCC)CCCCC(=O)N(C)CCCCN(C)C. The highest BCUT2D eigenvalue weighted by Gasteiger charge is 2.12. The molecule has 48 heavy (non-hydrogen) atoms. The number of rotatable bonds is 40. The summed E-state index contributed by atoms with van der Waals surface area (Å²) in [7, 11) is 6.26. The molecule has 0 saturated heterocycles. The molecule has 0 fully saturated rings. The summed E-state index contributed by atoms with van der Waals surface area (Å²) >= 11 is 0. The molecule has 0 heterocycles. The molecular weight excluding hydrogens is 585 g/mol. The van der Waals surface area contributed by atoms with Crippen LogP contribution in [0.25, 0.3) is 0 Å². The largest absolute Gasteiger partial charge is 0.346 e. The van der Waals surface area contributed by atoms with E-state index in [1.165, 1.54) is 212 Å². The number of hydrogen-bond donors (Lipinski definition) is 0. The fourth-order valence-electron chi connectivity index (χ4n) is 7.49. The van der Waals surface area contributed by atoms with Gasteiger partial charge >= 0.3 is 0 Å². The van der Waals surface area contributed by atoms with Crippen LogP contribution in [0.3, 0.4) is 0 Å². The van der Waals surface area contributed by atoms with E-state index in [1.807, 2.05) is 11.9 Å². The molecule has 1 amide bonds. The van der Waals surface area contributed by atoms with E-state index in [0.717, 1.165) is 38.3 Å². The fraction of sp³-hybridized carbons (Fsp3) is 0.978. The van der Waals surface area contributed by atoms with Crippen LogP contribution in [-0.2, 0) is 4.79 Å². The van der Waals surface area contributed by atoms with Crippen LogP contribution in [-0.4, -0.2) is 49.9 Å². The number of nitrogens with zero attached hydrogens (tertiary/aromatic N) is 2. The molecule has 0 saturated carbocycles. The summed E-state index contributed by atoms with van der Waals surface area (Å²) in [5.74, 6) is 1.24. The summed E-state index contributed by atoms with van der Waals surface area (Å²) in [6.45, 7) is 6.64. The van der Waals surface area contributed by atoms with Crippen LogP contribution in [0.2, 0.25) is 0 Å². The van der Waals surface area contributed by atoms with Crippen LogP contribution in [0.1, 0.15) is 245 Å². The van der Waals surface area contributed by atoms with Crippen molar-refractivity contribution in [2.45, 2.75) is 245 Å². The van der Waals surface area contributed by atoms with E-state index in [-0.39, 0.29) is 0 Å². The average molecular weight is 677 g/mol. The fourth-order valence-corrected chi connectivity index (χ4v) is 7.49. The summed E-state index contributed by atoms with van der Waals surface area (Å²) < 4.78 is 0. The lowest BCUT2D eigenvalue weighted by atomic mass is 9.89. The van der Waals surface area contributed by atoms with Crippen LogP contribution in [0, 0.1) is 5.92 Å². The van der Waals surface area contributed by atoms with E-state index in [1.54, 1.807) is 0 Å². The molecule has 0 bridgehead atoms. The van der Waals surface area contributed by atoms with Crippen molar-refractivity contribution in [2.24, 2.45) is 5.92 Å². The zero-order chi connectivity index (χ0) is 35.2. The van der Waals surface area contributed by atoms with Crippen molar-refractivity contribution in [1.82, 2.24) is 9.80 Å². The third kappa shape index (κ3) is 36.7. The van der Waals surface area contributed by atoms with Crippen molar-refractivity contribution >= 4 is 5.91 Å². The molecule has 0 aliphatic heterocycles. The van der Waals surface area contributed by atoms with Gasteiger partial charge in [0, 0.05) is 20.0 Å². The molecule has 288 valence electrons. The van der Waals surface area contributed by atoms with Crippen molar-refractivity contribution in [2.75, 3.05) is 34.2 Å². The van der Waals surface area contributed by atoms with Gasteiger partial charge in [-0.25, -0.2) is 0 Å². The summed E-state index contributed by atoms with van der Waals surface area (Å²) in [6.07, 6.45) is 50.0. The van der Waals surface area contributed by atoms with Gasteiger partial charge in [0.15, 0.2) is 0 Å². The molecule has 0 unspecified atom stereocenters. The molecule has 0 spiro atoms. The number of carbonyl (C=O) groups is 1. The van der Waals surface area contributed by atoms with E-state index in [0.29, 0.717) is 5.91 Å². The van der Waals surface area contributed by atoms with E-state index >= 15 is 0 Å². The summed E-state index contributed by atoms with van der Waals surface area (Å²) in [5, 5.41) is 0. The highest BCUT2D eigenvalue weighted by atomic mass is 16.2. The molecule has 0 aliphatic carbocycles. The van der Waals surface area contributed by atoms with Gasteiger partial charge < -0.3 is 9.80 Å². The zero-order valence-electron chi connectivity index (χ0n) is 34.3. The van der Waals surface area contributed by atoms with Crippen molar-refractivity contribution in [3.8, 4) is 0 Å². The third-order valence-electron chi connectivity index (χ3n) is 11.0. The maximum absolute atomic E-state index is 12.7. The first-order chi connectivity index (χ1) is 23.5. The molecule has 0 radical (unpaired) electrons. The highest BCUT2D eigenvalue weighted by molar-refractivity contribution is 5.75.